The van der Waals surface area contributed by atoms with Crippen LogP contribution in [0.5, 0.6) is 0 Å². The van der Waals surface area contributed by atoms with E-state index in [9.17, 15) is 8.42 Å². The number of hydrogen-bond acceptors (Lipinski definition) is 4. The largest absolute Gasteiger partial charge is 0.315 e. The summed E-state index contributed by atoms with van der Waals surface area (Å²) in [6, 6.07) is 1.64. The second-order valence-corrected chi connectivity index (χ2v) is 8.90. The summed E-state index contributed by atoms with van der Waals surface area (Å²) < 4.78 is 27.6. The van der Waals surface area contributed by atoms with Gasteiger partial charge in [-0.3, -0.25) is 0 Å². The second-order valence-electron chi connectivity index (χ2n) is 5.87. The molecule has 1 aromatic heterocycles. The molecule has 1 unspecified atom stereocenters. The molecule has 0 aliphatic rings. The summed E-state index contributed by atoms with van der Waals surface area (Å²) >= 11 is 1.52. The highest BCUT2D eigenvalue weighted by atomic mass is 32.2. The van der Waals surface area contributed by atoms with Crippen LogP contribution in [0, 0.1) is 12.3 Å². The third-order valence-electron chi connectivity index (χ3n) is 3.19. The Kier molecular flexibility index (Phi) is 5.17. The highest BCUT2D eigenvalue weighted by Gasteiger charge is 2.27. The normalized spacial score (nSPS) is 14.6. The molecule has 1 heterocycles. The van der Waals surface area contributed by atoms with Crippen molar-refractivity contribution >= 4 is 21.4 Å². The highest BCUT2D eigenvalue weighted by Crippen LogP contribution is 2.27. The number of nitrogens with one attached hydrogen (secondary N) is 2. The number of hydrogen-bond donors (Lipinski definition) is 2. The van der Waals surface area contributed by atoms with Gasteiger partial charge in [-0.05, 0) is 32.4 Å². The first-order valence-electron chi connectivity index (χ1n) is 6.34. The van der Waals surface area contributed by atoms with E-state index in [1.165, 1.54) is 11.3 Å². The Hall–Kier alpha value is -0.430. The van der Waals surface area contributed by atoms with Crippen molar-refractivity contribution in [2.24, 2.45) is 5.41 Å². The molecular formula is C13H24N2O2S2. The summed E-state index contributed by atoms with van der Waals surface area (Å²) in [5, 5.41) is 3.04. The molecule has 0 amide bonds. The molecule has 6 heteroatoms. The number of thiophene rings is 1. The summed E-state index contributed by atoms with van der Waals surface area (Å²) in [5.74, 6) is 0. The minimum atomic E-state index is -3.44. The van der Waals surface area contributed by atoms with E-state index in [1.807, 2.05) is 41.7 Å². The average molecular weight is 304 g/mol. The number of aryl methyl sites for hydroxylation is 1. The lowest BCUT2D eigenvalue weighted by Gasteiger charge is -2.27. The number of rotatable bonds is 5. The summed E-state index contributed by atoms with van der Waals surface area (Å²) in [5.41, 5.74) is -0.106. The molecule has 0 spiro atoms. The van der Waals surface area contributed by atoms with Crippen molar-refractivity contribution in [3.63, 3.8) is 0 Å². The monoisotopic (exact) mass is 304 g/mol. The summed E-state index contributed by atoms with van der Waals surface area (Å²) in [6.45, 7) is 10.5. The van der Waals surface area contributed by atoms with Gasteiger partial charge >= 0.3 is 0 Å². The first kappa shape index (κ1) is 16.6. The van der Waals surface area contributed by atoms with E-state index in [-0.39, 0.29) is 11.5 Å². The number of sulfonamides is 1. The lowest BCUT2D eigenvalue weighted by Crippen LogP contribution is -2.41. The maximum atomic E-state index is 12.4. The third-order valence-corrected chi connectivity index (χ3v) is 6.04. The van der Waals surface area contributed by atoms with Gasteiger partial charge in [0.25, 0.3) is 0 Å². The van der Waals surface area contributed by atoms with E-state index in [4.69, 9.17) is 0 Å². The fourth-order valence-electron chi connectivity index (χ4n) is 1.53. The van der Waals surface area contributed by atoms with Crippen LogP contribution >= 0.6 is 11.3 Å². The quantitative estimate of drug-likeness (QED) is 0.878. The molecule has 0 radical (unpaired) electrons. The van der Waals surface area contributed by atoms with Crippen LogP contribution in [0.2, 0.25) is 0 Å². The maximum absolute atomic E-state index is 12.4. The zero-order valence-electron chi connectivity index (χ0n) is 12.5. The SMILES string of the molecule is CNCc1cc(S(=O)(=O)NC(C)C(C)(C)C)c(C)s1. The Bertz CT molecular complexity index is 527. The predicted molar refractivity (Wildman–Crippen MR) is 81.1 cm³/mol. The fraction of sp³-hybridized carbons (Fsp3) is 0.692. The van der Waals surface area contributed by atoms with Crippen LogP contribution in [0.1, 0.15) is 37.4 Å². The van der Waals surface area contributed by atoms with E-state index in [1.54, 1.807) is 6.07 Å². The van der Waals surface area contributed by atoms with E-state index in [0.29, 0.717) is 11.4 Å². The van der Waals surface area contributed by atoms with E-state index < -0.39 is 10.0 Å². The lowest BCUT2D eigenvalue weighted by molar-refractivity contribution is 0.317. The first-order valence-corrected chi connectivity index (χ1v) is 8.64. The van der Waals surface area contributed by atoms with E-state index in [2.05, 4.69) is 10.0 Å². The minimum Gasteiger partial charge on any atom is -0.315 e. The first-order chi connectivity index (χ1) is 8.58. The van der Waals surface area contributed by atoms with Gasteiger partial charge in [0, 0.05) is 22.3 Å². The molecule has 0 aromatic carbocycles. The van der Waals surface area contributed by atoms with Crippen molar-refractivity contribution < 1.29 is 8.42 Å². The molecular weight excluding hydrogens is 280 g/mol. The second kappa shape index (κ2) is 5.91. The van der Waals surface area contributed by atoms with Crippen molar-refractivity contribution in [1.82, 2.24) is 10.0 Å². The molecule has 1 atom stereocenters. The molecule has 0 fully saturated rings. The van der Waals surface area contributed by atoms with Crippen molar-refractivity contribution in [1.29, 1.82) is 0 Å². The van der Waals surface area contributed by atoms with Gasteiger partial charge in [-0.2, -0.15) is 0 Å². The molecule has 4 nitrogen and oxygen atoms in total. The van der Waals surface area contributed by atoms with Crippen LogP contribution in [0.25, 0.3) is 0 Å². The molecule has 0 bridgehead atoms. The van der Waals surface area contributed by atoms with Crippen LogP contribution in [-0.4, -0.2) is 21.5 Å². The van der Waals surface area contributed by atoms with E-state index in [0.717, 1.165) is 9.75 Å². The Morgan fingerprint density at radius 1 is 1.37 bits per heavy atom. The van der Waals surface area contributed by atoms with Crippen molar-refractivity contribution in [2.45, 2.75) is 52.1 Å². The lowest BCUT2D eigenvalue weighted by atomic mass is 9.89. The zero-order valence-corrected chi connectivity index (χ0v) is 14.1. The van der Waals surface area contributed by atoms with Crippen LogP contribution in [-0.2, 0) is 16.6 Å². The van der Waals surface area contributed by atoms with Gasteiger partial charge in [-0.1, -0.05) is 20.8 Å². The molecule has 0 saturated heterocycles. The molecule has 2 N–H and O–H groups in total. The Morgan fingerprint density at radius 2 is 1.95 bits per heavy atom. The molecule has 19 heavy (non-hydrogen) atoms. The van der Waals surface area contributed by atoms with Gasteiger partial charge in [0.1, 0.15) is 0 Å². The molecule has 1 rings (SSSR count). The fourth-order valence-corrected chi connectivity index (χ4v) is 4.62. The van der Waals surface area contributed by atoms with Gasteiger partial charge in [0.15, 0.2) is 0 Å². The Labute approximate surface area is 120 Å². The van der Waals surface area contributed by atoms with Gasteiger partial charge < -0.3 is 5.32 Å². The topological polar surface area (TPSA) is 58.2 Å². The molecule has 0 saturated carbocycles. The molecule has 1 aromatic rings. The van der Waals surface area contributed by atoms with Gasteiger partial charge in [0.2, 0.25) is 10.0 Å². The van der Waals surface area contributed by atoms with Crippen molar-refractivity contribution in [3.05, 3.63) is 15.8 Å². The highest BCUT2D eigenvalue weighted by molar-refractivity contribution is 7.89. The van der Waals surface area contributed by atoms with E-state index >= 15 is 0 Å². The standard InChI is InChI=1S/C13H24N2O2S2/c1-9-12(7-11(18-9)8-14-6)19(16,17)15-10(2)13(3,4)5/h7,10,14-15H,8H2,1-6H3. The minimum absolute atomic E-state index is 0.106. The van der Waals surface area contributed by atoms with Crippen LogP contribution in [0.3, 0.4) is 0 Å². The van der Waals surface area contributed by atoms with Crippen LogP contribution < -0.4 is 10.0 Å². The van der Waals surface area contributed by atoms with Crippen LogP contribution in [0.15, 0.2) is 11.0 Å². The van der Waals surface area contributed by atoms with Gasteiger partial charge in [0.05, 0.1) is 4.90 Å². The van der Waals surface area contributed by atoms with Gasteiger partial charge in [-0.15, -0.1) is 11.3 Å². The predicted octanol–water partition coefficient (Wildman–Crippen LogP) is 2.49. The molecule has 0 aliphatic heterocycles. The summed E-state index contributed by atoms with van der Waals surface area (Å²) in [7, 11) is -1.59. The van der Waals surface area contributed by atoms with Crippen molar-refractivity contribution in [3.8, 4) is 0 Å². The van der Waals surface area contributed by atoms with Crippen LogP contribution in [0.4, 0.5) is 0 Å². The summed E-state index contributed by atoms with van der Waals surface area (Å²) in [6.07, 6.45) is 0. The smallest absolute Gasteiger partial charge is 0.241 e. The molecule has 0 aliphatic carbocycles. The van der Waals surface area contributed by atoms with Gasteiger partial charge in [-0.25, -0.2) is 13.1 Å². The molecule has 110 valence electrons. The zero-order chi connectivity index (χ0) is 14.8. The average Bonchev–Trinajstić information content (AvgIpc) is 2.58. The third kappa shape index (κ3) is 4.27. The maximum Gasteiger partial charge on any atom is 0.241 e. The van der Waals surface area contributed by atoms with Crippen molar-refractivity contribution in [2.75, 3.05) is 7.05 Å². The summed E-state index contributed by atoms with van der Waals surface area (Å²) in [4.78, 5) is 2.27. The Morgan fingerprint density at radius 3 is 2.42 bits per heavy atom. The Balaban J connectivity index is 3.01.